The topological polar surface area (TPSA) is 38.5 Å². The smallest absolute Gasteiger partial charge is 0.333 e. The van der Waals surface area contributed by atoms with Crippen LogP contribution >= 0.6 is 0 Å². The Morgan fingerprint density at radius 2 is 2.06 bits per heavy atom. The largest absolute Gasteiger partial charge is 0.467 e. The first-order valence-electron chi connectivity index (χ1n) is 5.64. The van der Waals surface area contributed by atoms with Crippen LogP contribution in [-0.2, 0) is 14.3 Å². The normalized spacial score (nSPS) is 22.4. The van der Waals surface area contributed by atoms with Crippen LogP contribution < -0.4 is 4.90 Å². The molecule has 1 fully saturated rings. The molecule has 1 aromatic carbocycles. The monoisotopic (exact) mass is 235 g/mol. The summed E-state index contributed by atoms with van der Waals surface area (Å²) in [5.41, 5.74) is 0.528. The molecule has 0 amide bonds. The van der Waals surface area contributed by atoms with Gasteiger partial charge in [0.1, 0.15) is 0 Å². The van der Waals surface area contributed by atoms with E-state index in [1.54, 1.807) is 7.11 Å². The van der Waals surface area contributed by atoms with Gasteiger partial charge in [0.15, 0.2) is 5.54 Å². The van der Waals surface area contributed by atoms with Crippen molar-refractivity contribution in [3.63, 3.8) is 0 Å². The van der Waals surface area contributed by atoms with Crippen molar-refractivity contribution < 1.29 is 14.3 Å². The zero-order valence-electron chi connectivity index (χ0n) is 10.2. The SMILES string of the molecule is COCCC1(C(=O)OC)CN1c1ccccc1. The molecule has 4 nitrogen and oxygen atoms in total. The van der Waals surface area contributed by atoms with Crippen LogP contribution in [0.15, 0.2) is 30.3 Å². The molecule has 1 aromatic rings. The number of carbonyl (C=O) groups excluding carboxylic acids is 1. The van der Waals surface area contributed by atoms with Crippen LogP contribution in [0.5, 0.6) is 0 Å². The molecule has 0 spiro atoms. The summed E-state index contributed by atoms with van der Waals surface area (Å²) in [5.74, 6) is -0.182. The van der Waals surface area contributed by atoms with Gasteiger partial charge in [-0.3, -0.25) is 0 Å². The second-order valence-corrected chi connectivity index (χ2v) is 4.19. The van der Waals surface area contributed by atoms with E-state index >= 15 is 0 Å². The Bertz CT molecular complexity index is 393. The molecule has 0 radical (unpaired) electrons. The Hall–Kier alpha value is -1.55. The number of hydrogen-bond donors (Lipinski definition) is 0. The van der Waals surface area contributed by atoms with Gasteiger partial charge in [-0.05, 0) is 12.1 Å². The minimum absolute atomic E-state index is 0.182. The minimum Gasteiger partial charge on any atom is -0.467 e. The van der Waals surface area contributed by atoms with Crippen LogP contribution in [-0.4, -0.2) is 38.9 Å². The van der Waals surface area contributed by atoms with Crippen molar-refractivity contribution in [2.24, 2.45) is 0 Å². The molecule has 1 aliphatic heterocycles. The number of esters is 1. The van der Waals surface area contributed by atoms with Crippen molar-refractivity contribution in [1.29, 1.82) is 0 Å². The van der Waals surface area contributed by atoms with E-state index in [4.69, 9.17) is 9.47 Å². The van der Waals surface area contributed by atoms with Gasteiger partial charge in [0.05, 0.1) is 13.7 Å². The zero-order chi connectivity index (χ0) is 12.3. The highest BCUT2D eigenvalue weighted by molar-refractivity contribution is 5.92. The quantitative estimate of drug-likeness (QED) is 0.572. The standard InChI is InChI=1S/C13H17NO3/c1-16-9-8-13(12(15)17-2)10-14(13)11-6-4-3-5-7-11/h3-7H,8-10H2,1-2H3. The molecule has 0 aromatic heterocycles. The number of ether oxygens (including phenoxy) is 2. The zero-order valence-corrected chi connectivity index (χ0v) is 10.2. The van der Waals surface area contributed by atoms with Crippen LogP contribution in [0.3, 0.4) is 0 Å². The van der Waals surface area contributed by atoms with E-state index in [0.717, 1.165) is 5.69 Å². The van der Waals surface area contributed by atoms with E-state index in [-0.39, 0.29) is 5.97 Å². The predicted octanol–water partition coefficient (Wildman–Crippen LogP) is 1.45. The Balaban J connectivity index is 2.14. The van der Waals surface area contributed by atoms with E-state index < -0.39 is 5.54 Å². The molecule has 0 saturated carbocycles. The molecular weight excluding hydrogens is 218 g/mol. The summed E-state index contributed by atoms with van der Waals surface area (Å²) in [6.07, 6.45) is 0.658. The van der Waals surface area contributed by atoms with E-state index in [9.17, 15) is 4.79 Å². The first kappa shape index (κ1) is 11.9. The first-order chi connectivity index (χ1) is 8.24. The summed E-state index contributed by atoms with van der Waals surface area (Å²) in [5, 5.41) is 0. The fourth-order valence-electron chi connectivity index (χ4n) is 2.12. The maximum Gasteiger partial charge on any atom is 0.333 e. The molecular formula is C13H17NO3. The van der Waals surface area contributed by atoms with Gasteiger partial charge in [0, 0.05) is 25.8 Å². The lowest BCUT2D eigenvalue weighted by molar-refractivity contribution is -0.143. The number of nitrogens with zero attached hydrogens (tertiary/aromatic N) is 1. The molecule has 1 aliphatic rings. The number of rotatable bonds is 5. The molecule has 17 heavy (non-hydrogen) atoms. The van der Waals surface area contributed by atoms with E-state index in [1.165, 1.54) is 7.11 Å². The van der Waals surface area contributed by atoms with E-state index in [2.05, 4.69) is 4.90 Å². The number of para-hydroxylation sites is 1. The highest BCUT2D eigenvalue weighted by Gasteiger charge is 2.59. The molecule has 92 valence electrons. The highest BCUT2D eigenvalue weighted by Crippen LogP contribution is 2.41. The van der Waals surface area contributed by atoms with Crippen LogP contribution in [0.1, 0.15) is 6.42 Å². The molecule has 0 bridgehead atoms. The summed E-state index contributed by atoms with van der Waals surface area (Å²) in [6, 6.07) is 9.88. The Morgan fingerprint density at radius 3 is 2.65 bits per heavy atom. The number of methoxy groups -OCH3 is 2. The summed E-state index contributed by atoms with van der Waals surface area (Å²) in [6.45, 7) is 1.26. The van der Waals surface area contributed by atoms with Gasteiger partial charge in [0.25, 0.3) is 0 Å². The van der Waals surface area contributed by atoms with Crippen LogP contribution in [0, 0.1) is 0 Å². The van der Waals surface area contributed by atoms with Gasteiger partial charge >= 0.3 is 5.97 Å². The Labute approximate surface area is 101 Å². The fourth-order valence-corrected chi connectivity index (χ4v) is 2.12. The van der Waals surface area contributed by atoms with Crippen molar-refractivity contribution in [2.75, 3.05) is 32.3 Å². The van der Waals surface area contributed by atoms with Gasteiger partial charge in [-0.15, -0.1) is 0 Å². The number of hydrogen-bond acceptors (Lipinski definition) is 4. The fraction of sp³-hybridized carbons (Fsp3) is 0.462. The number of benzene rings is 1. The molecule has 4 heteroatoms. The third kappa shape index (κ3) is 2.13. The van der Waals surface area contributed by atoms with Crippen LogP contribution in [0.25, 0.3) is 0 Å². The Kier molecular flexibility index (Phi) is 3.33. The van der Waals surface area contributed by atoms with Crippen molar-refractivity contribution in [2.45, 2.75) is 12.0 Å². The van der Waals surface area contributed by atoms with Gasteiger partial charge in [-0.2, -0.15) is 0 Å². The van der Waals surface area contributed by atoms with Crippen LogP contribution in [0.2, 0.25) is 0 Å². The van der Waals surface area contributed by atoms with Crippen molar-refractivity contribution in [3.05, 3.63) is 30.3 Å². The van der Waals surface area contributed by atoms with Crippen molar-refractivity contribution >= 4 is 11.7 Å². The van der Waals surface area contributed by atoms with Crippen molar-refractivity contribution in [3.8, 4) is 0 Å². The van der Waals surface area contributed by atoms with Crippen LogP contribution in [0.4, 0.5) is 5.69 Å². The highest BCUT2D eigenvalue weighted by atomic mass is 16.5. The summed E-state index contributed by atoms with van der Waals surface area (Å²) < 4.78 is 9.95. The average molecular weight is 235 g/mol. The lowest BCUT2D eigenvalue weighted by Crippen LogP contribution is -2.32. The molecule has 1 heterocycles. The third-order valence-corrected chi connectivity index (χ3v) is 3.19. The maximum atomic E-state index is 11.9. The first-order valence-corrected chi connectivity index (χ1v) is 5.64. The van der Waals surface area contributed by atoms with E-state index in [0.29, 0.717) is 19.6 Å². The number of carbonyl (C=O) groups is 1. The summed E-state index contributed by atoms with van der Waals surface area (Å²) in [4.78, 5) is 13.9. The van der Waals surface area contributed by atoms with Gasteiger partial charge in [0.2, 0.25) is 0 Å². The summed E-state index contributed by atoms with van der Waals surface area (Å²) >= 11 is 0. The predicted molar refractivity (Wildman–Crippen MR) is 65.0 cm³/mol. The van der Waals surface area contributed by atoms with E-state index in [1.807, 2.05) is 30.3 Å². The molecule has 1 atom stereocenters. The second-order valence-electron chi connectivity index (χ2n) is 4.19. The molecule has 1 unspecified atom stereocenters. The maximum absolute atomic E-state index is 11.9. The molecule has 0 N–H and O–H groups in total. The van der Waals surface area contributed by atoms with Gasteiger partial charge in [-0.1, -0.05) is 18.2 Å². The van der Waals surface area contributed by atoms with Gasteiger partial charge in [-0.25, -0.2) is 4.79 Å². The second kappa shape index (κ2) is 4.75. The third-order valence-electron chi connectivity index (χ3n) is 3.19. The molecule has 1 saturated heterocycles. The lowest BCUT2D eigenvalue weighted by atomic mass is 10.1. The minimum atomic E-state index is -0.522. The van der Waals surface area contributed by atoms with Gasteiger partial charge < -0.3 is 14.4 Å². The average Bonchev–Trinajstić information content (AvgIpc) is 3.12. The molecule has 0 aliphatic carbocycles. The molecule has 2 rings (SSSR count). The summed E-state index contributed by atoms with van der Waals surface area (Å²) in [7, 11) is 3.07. The Morgan fingerprint density at radius 1 is 1.35 bits per heavy atom. The number of anilines is 1. The van der Waals surface area contributed by atoms with Crippen molar-refractivity contribution in [1.82, 2.24) is 0 Å². The lowest BCUT2D eigenvalue weighted by Gasteiger charge is -2.15.